The van der Waals surface area contributed by atoms with Gasteiger partial charge in [0.2, 0.25) is 5.35 Å². The Labute approximate surface area is 242 Å². The third-order valence-electron chi connectivity index (χ3n) is 6.26. The molecular formula is C24H54N2O12Si2. The summed E-state index contributed by atoms with van der Waals surface area (Å²) in [6.45, 7) is 8.64. The lowest BCUT2D eigenvalue weighted by atomic mass is 10.2. The van der Waals surface area contributed by atoms with Crippen molar-refractivity contribution in [2.45, 2.75) is 70.4 Å². The molecule has 0 radical (unpaired) electrons. The average Bonchev–Trinajstić information content (AvgIpc) is 2.95. The molecule has 0 saturated carbocycles. The van der Waals surface area contributed by atoms with Gasteiger partial charge in [0, 0.05) is 95.3 Å². The Balaban J connectivity index is 7.14. The van der Waals surface area contributed by atoms with Crippen LogP contribution >= 0.6 is 0 Å². The Kier molecular flexibility index (Phi) is 19.8. The van der Waals surface area contributed by atoms with Crippen LogP contribution in [-0.2, 0) is 50.2 Å². The number of amides is 2. The second-order valence-electron chi connectivity index (χ2n) is 8.60. The van der Waals surface area contributed by atoms with E-state index in [1.807, 2.05) is 20.8 Å². The first-order valence-electron chi connectivity index (χ1n) is 13.5. The highest BCUT2D eigenvalue weighted by molar-refractivity contribution is 6.67. The zero-order valence-corrected chi connectivity index (χ0v) is 28.3. The van der Waals surface area contributed by atoms with Gasteiger partial charge in [-0.3, -0.25) is 5.32 Å². The van der Waals surface area contributed by atoms with Gasteiger partial charge in [-0.15, -0.1) is 0 Å². The van der Waals surface area contributed by atoms with Crippen LogP contribution in [0.4, 0.5) is 4.79 Å². The van der Waals surface area contributed by atoms with Crippen molar-refractivity contribution in [1.29, 1.82) is 0 Å². The molecule has 2 unspecified atom stereocenters. The summed E-state index contributed by atoms with van der Waals surface area (Å²) < 4.78 is 64.7. The first-order chi connectivity index (χ1) is 19.1. The average molecular weight is 619 g/mol. The van der Waals surface area contributed by atoms with Crippen molar-refractivity contribution in [3.05, 3.63) is 0 Å². The molecule has 14 nitrogen and oxygen atoms in total. The monoisotopic (exact) mass is 618 g/mol. The topological polar surface area (TPSA) is 143 Å². The Bertz CT molecular complexity index is 657. The van der Waals surface area contributed by atoms with Crippen molar-refractivity contribution in [2.24, 2.45) is 0 Å². The summed E-state index contributed by atoms with van der Waals surface area (Å²) in [5, 5.41) is 4.05. The van der Waals surface area contributed by atoms with Gasteiger partial charge in [-0.05, 0) is 40.5 Å². The first kappa shape index (κ1) is 39.3. The molecule has 0 aliphatic rings. The molecule has 0 aromatic rings. The van der Waals surface area contributed by atoms with Gasteiger partial charge in [0.15, 0.2) is 0 Å². The van der Waals surface area contributed by atoms with Crippen LogP contribution in [0.25, 0.3) is 0 Å². The number of nitrogens with one attached hydrogen (secondary N) is 2. The van der Waals surface area contributed by atoms with Gasteiger partial charge in [-0.25, -0.2) is 4.79 Å². The van der Waals surface area contributed by atoms with Crippen molar-refractivity contribution >= 4 is 23.6 Å². The van der Waals surface area contributed by atoms with E-state index in [9.17, 15) is 4.79 Å². The lowest BCUT2D eigenvalue weighted by molar-refractivity contribution is -0.271. The zero-order valence-electron chi connectivity index (χ0n) is 26.3. The van der Waals surface area contributed by atoms with E-state index in [0.717, 1.165) is 0 Å². The van der Waals surface area contributed by atoms with E-state index in [-0.39, 0.29) is 26.2 Å². The van der Waals surface area contributed by atoms with E-state index in [1.165, 1.54) is 35.5 Å². The summed E-state index contributed by atoms with van der Waals surface area (Å²) in [5.74, 6) is -1.63. The fraction of sp³-hybridized carbons (Fsp3) is 0.958. The molecule has 40 heavy (non-hydrogen) atoms. The summed E-state index contributed by atoms with van der Waals surface area (Å²) in [4.78, 5) is 13.8. The summed E-state index contributed by atoms with van der Waals surface area (Å²) in [6.07, 6.45) is 0.520. The molecule has 0 rings (SSSR count). The molecular weight excluding hydrogens is 564 g/mol. The Morgan fingerprint density at radius 3 is 1.68 bits per heavy atom. The summed E-state index contributed by atoms with van der Waals surface area (Å²) in [7, 11) is 3.05. The van der Waals surface area contributed by atoms with Crippen LogP contribution in [-0.4, -0.2) is 124 Å². The van der Waals surface area contributed by atoms with Crippen LogP contribution in [0.1, 0.15) is 47.0 Å². The molecule has 2 N–H and O–H groups in total. The summed E-state index contributed by atoms with van der Waals surface area (Å²) in [5.41, 5.74) is 0. The minimum Gasteiger partial charge on any atom is -0.385 e. The highest BCUT2D eigenvalue weighted by Crippen LogP contribution is 2.36. The Morgan fingerprint density at radius 2 is 1.27 bits per heavy atom. The summed E-state index contributed by atoms with van der Waals surface area (Å²) >= 11 is 0. The van der Waals surface area contributed by atoms with E-state index >= 15 is 0 Å². The zero-order chi connectivity index (χ0) is 30.7. The van der Waals surface area contributed by atoms with Gasteiger partial charge < -0.3 is 55.6 Å². The van der Waals surface area contributed by atoms with Crippen LogP contribution in [0.3, 0.4) is 0 Å². The van der Waals surface area contributed by atoms with Crippen LogP contribution in [0.15, 0.2) is 0 Å². The van der Waals surface area contributed by atoms with Crippen LogP contribution in [0, 0.1) is 0 Å². The van der Waals surface area contributed by atoms with Gasteiger partial charge in [-0.2, -0.15) is 0 Å². The fourth-order valence-corrected chi connectivity index (χ4v) is 10.1. The molecule has 0 fully saturated rings. The Hall–Kier alpha value is -0.736. The third kappa shape index (κ3) is 10.5. The normalized spacial score (nSPS) is 15.1. The maximum Gasteiger partial charge on any atom is 0.555 e. The number of hydrogen-bond donors (Lipinski definition) is 2. The van der Waals surface area contributed by atoms with Gasteiger partial charge in [0.1, 0.15) is 6.10 Å². The maximum atomic E-state index is 13.8. The van der Waals surface area contributed by atoms with Crippen molar-refractivity contribution in [3.63, 3.8) is 0 Å². The predicted molar refractivity (Wildman–Crippen MR) is 152 cm³/mol. The molecule has 0 bridgehead atoms. The highest BCUT2D eigenvalue weighted by Gasteiger charge is 2.67. The second-order valence-corrected chi connectivity index (χ2v) is 14.3. The maximum absolute atomic E-state index is 13.8. The molecule has 240 valence electrons. The van der Waals surface area contributed by atoms with E-state index in [1.54, 1.807) is 21.1 Å². The van der Waals surface area contributed by atoms with Gasteiger partial charge >= 0.3 is 23.6 Å². The number of carbonyl (C=O) groups is 1. The van der Waals surface area contributed by atoms with Crippen molar-refractivity contribution in [1.82, 2.24) is 10.6 Å². The van der Waals surface area contributed by atoms with Crippen molar-refractivity contribution in [2.75, 3.05) is 82.8 Å². The minimum atomic E-state index is -3.93. The van der Waals surface area contributed by atoms with Crippen LogP contribution in [0.5, 0.6) is 0 Å². The van der Waals surface area contributed by atoms with Crippen molar-refractivity contribution < 1.29 is 55.0 Å². The predicted octanol–water partition coefficient (Wildman–Crippen LogP) is 2.26. The van der Waals surface area contributed by atoms with E-state index in [4.69, 9.17) is 50.2 Å². The van der Waals surface area contributed by atoms with Gasteiger partial charge in [-0.1, -0.05) is 0 Å². The fourth-order valence-electron chi connectivity index (χ4n) is 4.21. The van der Waals surface area contributed by atoms with Crippen LogP contribution in [0.2, 0.25) is 6.04 Å². The highest BCUT2D eigenvalue weighted by atomic mass is 28.4. The molecule has 0 aliphatic heterocycles. The molecule has 0 aliphatic carbocycles. The molecule has 0 heterocycles. The quantitative estimate of drug-likeness (QED) is 0.0880. The molecule has 0 saturated heterocycles. The number of carbonyl (C=O) groups excluding carboxylic acids is 1. The molecule has 16 heteroatoms. The standard InChI is InChI=1S/C24H54N2O12Si2/c1-12-35-40(36-13-2,37-14-3)23(17-15-18-28-5,38-39(33-10,34-11)20-16-19-29-6)25-22(27)26-24(31-8,32-9)21(4)30-7/h21H,12-20H2,1-11H3,(H2,25,26,27). The number of rotatable bonds is 25. The summed E-state index contributed by atoms with van der Waals surface area (Å²) in [6, 6.07) is -0.327. The number of urea groups is 1. The van der Waals surface area contributed by atoms with E-state index in [2.05, 4.69) is 10.6 Å². The first-order valence-corrected chi connectivity index (χ1v) is 17.2. The SMILES string of the molecule is CCO[Si](OCC)(OCC)C(CCCOC)(NC(=O)NC(OC)(OC)C(C)OC)O[Si](CCCOC)(OC)OC. The third-order valence-corrected chi connectivity index (χ3v) is 12.8. The lowest BCUT2D eigenvalue weighted by Crippen LogP contribution is -2.78. The molecule has 0 spiro atoms. The molecule has 0 aromatic carbocycles. The van der Waals surface area contributed by atoms with Crippen LogP contribution < -0.4 is 10.6 Å². The molecule has 0 aromatic heterocycles. The Morgan fingerprint density at radius 1 is 0.775 bits per heavy atom. The minimum absolute atomic E-state index is 0.180. The smallest absolute Gasteiger partial charge is 0.385 e. The van der Waals surface area contributed by atoms with E-state index < -0.39 is 41.0 Å². The number of methoxy groups -OCH3 is 5. The van der Waals surface area contributed by atoms with Crippen molar-refractivity contribution in [3.8, 4) is 0 Å². The van der Waals surface area contributed by atoms with Gasteiger partial charge in [0.25, 0.3) is 5.91 Å². The second kappa shape index (κ2) is 20.2. The number of ether oxygens (including phenoxy) is 5. The lowest BCUT2D eigenvalue weighted by Gasteiger charge is -2.48. The number of hydrogen-bond acceptors (Lipinski definition) is 12. The molecule has 2 amide bonds. The van der Waals surface area contributed by atoms with Gasteiger partial charge in [0.05, 0.1) is 0 Å². The van der Waals surface area contributed by atoms with E-state index in [0.29, 0.717) is 32.1 Å². The molecule has 2 atom stereocenters. The largest absolute Gasteiger partial charge is 0.555 e.